The maximum absolute atomic E-state index is 6.24. The first kappa shape index (κ1) is 15.5. The van der Waals surface area contributed by atoms with E-state index in [2.05, 4.69) is 28.9 Å². The van der Waals surface area contributed by atoms with E-state index in [0.717, 1.165) is 19.6 Å². The quantitative estimate of drug-likeness (QED) is 0.810. The van der Waals surface area contributed by atoms with E-state index in [1.54, 1.807) is 0 Å². The van der Waals surface area contributed by atoms with Gasteiger partial charge in [0.05, 0.1) is 0 Å². The average molecular weight is 275 g/mol. The number of rotatable bonds is 6. The molecular formula is C17H29N3. The van der Waals surface area contributed by atoms with E-state index >= 15 is 0 Å². The van der Waals surface area contributed by atoms with E-state index in [1.807, 2.05) is 12.4 Å². The fourth-order valence-electron chi connectivity index (χ4n) is 3.50. The third-order valence-corrected chi connectivity index (χ3v) is 4.70. The third-order valence-electron chi connectivity index (χ3n) is 4.70. The lowest BCUT2D eigenvalue weighted by molar-refractivity contribution is 0.0697. The van der Waals surface area contributed by atoms with Crippen LogP contribution in [0.25, 0.3) is 0 Å². The Balaban J connectivity index is 2.15. The maximum atomic E-state index is 6.24. The molecule has 0 atom stereocenters. The van der Waals surface area contributed by atoms with E-state index in [1.165, 1.54) is 50.5 Å². The fourth-order valence-corrected chi connectivity index (χ4v) is 3.50. The zero-order chi connectivity index (χ0) is 14.3. The first-order valence-electron chi connectivity index (χ1n) is 8.15. The van der Waals surface area contributed by atoms with Gasteiger partial charge in [-0.15, -0.1) is 0 Å². The summed E-state index contributed by atoms with van der Waals surface area (Å²) in [6.07, 6.45) is 12.9. The van der Waals surface area contributed by atoms with Crippen molar-refractivity contribution >= 4 is 0 Å². The molecule has 0 unspecified atom stereocenters. The standard InChI is InChI=1S/C17H29N3/c1-2-13-20(14-16-7-11-19-12-8-16)17(15-18)9-5-3-4-6-10-17/h7-8,11-12H,2-6,9-10,13-15,18H2,1H3. The smallest absolute Gasteiger partial charge is 0.0335 e. The van der Waals surface area contributed by atoms with Crippen molar-refractivity contribution in [2.24, 2.45) is 5.73 Å². The van der Waals surface area contributed by atoms with E-state index in [9.17, 15) is 0 Å². The summed E-state index contributed by atoms with van der Waals surface area (Å²) in [5.74, 6) is 0. The summed E-state index contributed by atoms with van der Waals surface area (Å²) in [5.41, 5.74) is 7.81. The molecule has 0 bridgehead atoms. The lowest BCUT2D eigenvalue weighted by atomic mass is 9.87. The summed E-state index contributed by atoms with van der Waals surface area (Å²) in [4.78, 5) is 6.77. The van der Waals surface area contributed by atoms with E-state index < -0.39 is 0 Å². The van der Waals surface area contributed by atoms with Crippen LogP contribution in [0.1, 0.15) is 57.4 Å². The van der Waals surface area contributed by atoms with Gasteiger partial charge in [0.25, 0.3) is 0 Å². The van der Waals surface area contributed by atoms with E-state index in [-0.39, 0.29) is 5.54 Å². The van der Waals surface area contributed by atoms with Crippen LogP contribution in [0.4, 0.5) is 0 Å². The number of aromatic nitrogens is 1. The second-order valence-corrected chi connectivity index (χ2v) is 6.12. The molecule has 0 aliphatic heterocycles. The predicted molar refractivity (Wildman–Crippen MR) is 84.4 cm³/mol. The molecule has 0 radical (unpaired) electrons. The number of nitrogens with two attached hydrogens (primary N) is 1. The van der Waals surface area contributed by atoms with Crippen LogP contribution >= 0.6 is 0 Å². The van der Waals surface area contributed by atoms with Crippen LogP contribution in [-0.4, -0.2) is 28.5 Å². The van der Waals surface area contributed by atoms with Crippen molar-refractivity contribution in [2.45, 2.75) is 64.0 Å². The summed E-state index contributed by atoms with van der Waals surface area (Å²) in [5, 5.41) is 0. The second kappa shape index (κ2) is 7.75. The molecule has 1 aliphatic rings. The predicted octanol–water partition coefficient (Wildman–Crippen LogP) is 3.35. The largest absolute Gasteiger partial charge is 0.329 e. The van der Waals surface area contributed by atoms with Gasteiger partial charge in [0.2, 0.25) is 0 Å². The van der Waals surface area contributed by atoms with Crippen LogP contribution in [0.5, 0.6) is 0 Å². The molecule has 0 aromatic carbocycles. The van der Waals surface area contributed by atoms with Gasteiger partial charge in [-0.25, -0.2) is 0 Å². The Morgan fingerprint density at radius 2 is 1.80 bits per heavy atom. The summed E-state index contributed by atoms with van der Waals surface area (Å²) in [7, 11) is 0. The highest BCUT2D eigenvalue weighted by atomic mass is 15.2. The third kappa shape index (κ3) is 3.80. The molecule has 3 nitrogen and oxygen atoms in total. The van der Waals surface area contributed by atoms with Crippen molar-refractivity contribution in [3.63, 3.8) is 0 Å². The fraction of sp³-hybridized carbons (Fsp3) is 0.706. The normalized spacial score (nSPS) is 18.9. The summed E-state index contributed by atoms with van der Waals surface area (Å²) in [6, 6.07) is 4.26. The van der Waals surface area contributed by atoms with Crippen molar-refractivity contribution in [1.82, 2.24) is 9.88 Å². The minimum Gasteiger partial charge on any atom is -0.329 e. The van der Waals surface area contributed by atoms with Crippen molar-refractivity contribution in [3.05, 3.63) is 30.1 Å². The first-order valence-corrected chi connectivity index (χ1v) is 8.15. The SMILES string of the molecule is CCCN(Cc1ccncc1)C1(CN)CCCCCC1. The highest BCUT2D eigenvalue weighted by molar-refractivity contribution is 5.10. The molecule has 3 heteroatoms. The topological polar surface area (TPSA) is 42.2 Å². The van der Waals surface area contributed by atoms with Crippen LogP contribution < -0.4 is 5.73 Å². The van der Waals surface area contributed by atoms with E-state index in [0.29, 0.717) is 0 Å². The van der Waals surface area contributed by atoms with Crippen molar-refractivity contribution < 1.29 is 0 Å². The molecule has 0 saturated heterocycles. The monoisotopic (exact) mass is 275 g/mol. The Morgan fingerprint density at radius 3 is 2.35 bits per heavy atom. The molecule has 2 rings (SSSR count). The van der Waals surface area contributed by atoms with Crippen molar-refractivity contribution in [1.29, 1.82) is 0 Å². The van der Waals surface area contributed by atoms with E-state index in [4.69, 9.17) is 5.73 Å². The van der Waals surface area contributed by atoms with Gasteiger partial charge in [0, 0.05) is 31.0 Å². The minimum atomic E-state index is 0.218. The molecule has 1 saturated carbocycles. The Bertz CT molecular complexity index is 369. The highest BCUT2D eigenvalue weighted by Crippen LogP contribution is 2.33. The average Bonchev–Trinajstić information content (AvgIpc) is 2.74. The van der Waals surface area contributed by atoms with Crippen molar-refractivity contribution in [3.8, 4) is 0 Å². The van der Waals surface area contributed by atoms with Gasteiger partial charge in [-0.05, 0) is 43.5 Å². The maximum Gasteiger partial charge on any atom is 0.0335 e. The van der Waals surface area contributed by atoms with Gasteiger partial charge in [0.1, 0.15) is 0 Å². The molecule has 1 heterocycles. The molecule has 20 heavy (non-hydrogen) atoms. The van der Waals surface area contributed by atoms with Gasteiger partial charge in [-0.3, -0.25) is 9.88 Å². The molecule has 1 aromatic rings. The van der Waals surface area contributed by atoms with Gasteiger partial charge < -0.3 is 5.73 Å². The summed E-state index contributed by atoms with van der Waals surface area (Å²) < 4.78 is 0. The zero-order valence-electron chi connectivity index (χ0n) is 12.9. The number of hydrogen-bond donors (Lipinski definition) is 1. The number of nitrogens with zero attached hydrogens (tertiary/aromatic N) is 2. The summed E-state index contributed by atoms with van der Waals surface area (Å²) >= 11 is 0. The molecule has 1 aliphatic carbocycles. The molecular weight excluding hydrogens is 246 g/mol. The summed E-state index contributed by atoms with van der Waals surface area (Å²) in [6.45, 7) is 5.20. The van der Waals surface area contributed by atoms with Gasteiger partial charge in [-0.1, -0.05) is 32.6 Å². The first-order chi connectivity index (χ1) is 9.80. The van der Waals surface area contributed by atoms with Crippen LogP contribution in [0.3, 0.4) is 0 Å². The molecule has 0 spiro atoms. The Labute approximate surface area is 123 Å². The number of pyridine rings is 1. The van der Waals surface area contributed by atoms with Gasteiger partial charge >= 0.3 is 0 Å². The lowest BCUT2D eigenvalue weighted by Gasteiger charge is -2.43. The van der Waals surface area contributed by atoms with Crippen LogP contribution in [0, 0.1) is 0 Å². The van der Waals surface area contributed by atoms with Gasteiger partial charge in [0.15, 0.2) is 0 Å². The Morgan fingerprint density at radius 1 is 1.15 bits per heavy atom. The molecule has 1 aromatic heterocycles. The van der Waals surface area contributed by atoms with Crippen molar-refractivity contribution in [2.75, 3.05) is 13.1 Å². The van der Waals surface area contributed by atoms with Crippen LogP contribution in [0.2, 0.25) is 0 Å². The van der Waals surface area contributed by atoms with Crippen LogP contribution in [0.15, 0.2) is 24.5 Å². The molecule has 2 N–H and O–H groups in total. The van der Waals surface area contributed by atoms with Crippen LogP contribution in [-0.2, 0) is 6.54 Å². The molecule has 1 fully saturated rings. The Hall–Kier alpha value is -0.930. The zero-order valence-corrected chi connectivity index (χ0v) is 12.9. The molecule has 0 amide bonds. The molecule has 112 valence electrons. The highest BCUT2D eigenvalue weighted by Gasteiger charge is 2.35. The van der Waals surface area contributed by atoms with Gasteiger partial charge in [-0.2, -0.15) is 0 Å². The lowest BCUT2D eigenvalue weighted by Crippen LogP contribution is -2.53. The Kier molecular flexibility index (Phi) is 5.99. The second-order valence-electron chi connectivity index (χ2n) is 6.12. The number of hydrogen-bond acceptors (Lipinski definition) is 3. The minimum absolute atomic E-state index is 0.218.